The number of nitrogen functional groups attached to an aromatic ring is 1. The first-order valence-corrected chi connectivity index (χ1v) is 5.97. The normalized spacial score (nSPS) is 10.2. The van der Waals surface area contributed by atoms with Crippen molar-refractivity contribution in [3.8, 4) is 11.5 Å². The Bertz CT molecular complexity index is 514. The average molecular weight is 259 g/mol. The predicted octanol–water partition coefficient (Wildman–Crippen LogP) is 2.83. The summed E-state index contributed by atoms with van der Waals surface area (Å²) in [6.07, 6.45) is 0. The minimum atomic E-state index is 0.145. The fourth-order valence-electron chi connectivity index (χ4n) is 1.61. The lowest BCUT2D eigenvalue weighted by Crippen LogP contribution is -2.04. The first-order valence-electron chi connectivity index (χ1n) is 5.97. The van der Waals surface area contributed by atoms with Gasteiger partial charge < -0.3 is 19.9 Å². The van der Waals surface area contributed by atoms with Gasteiger partial charge in [0.15, 0.2) is 6.79 Å². The van der Waals surface area contributed by atoms with E-state index in [2.05, 4.69) is 0 Å². The van der Waals surface area contributed by atoms with Crippen LogP contribution in [0.15, 0.2) is 48.5 Å². The van der Waals surface area contributed by atoms with Crippen molar-refractivity contribution >= 4 is 5.69 Å². The van der Waals surface area contributed by atoms with Gasteiger partial charge in [-0.25, -0.2) is 0 Å². The molecule has 0 unspecified atom stereocenters. The maximum atomic E-state index is 5.80. The second-order valence-corrected chi connectivity index (χ2v) is 4.00. The first kappa shape index (κ1) is 13.2. The maximum absolute atomic E-state index is 5.80. The van der Waals surface area contributed by atoms with Crippen LogP contribution in [0.2, 0.25) is 0 Å². The molecule has 0 heterocycles. The topological polar surface area (TPSA) is 53.7 Å². The molecular formula is C15H17NO3. The van der Waals surface area contributed by atoms with Crippen LogP contribution in [0.3, 0.4) is 0 Å². The van der Waals surface area contributed by atoms with E-state index in [-0.39, 0.29) is 6.79 Å². The van der Waals surface area contributed by atoms with E-state index in [4.69, 9.17) is 19.9 Å². The zero-order chi connectivity index (χ0) is 13.5. The molecule has 2 aromatic rings. The van der Waals surface area contributed by atoms with E-state index in [1.807, 2.05) is 30.3 Å². The summed E-state index contributed by atoms with van der Waals surface area (Å²) < 4.78 is 16.0. The Morgan fingerprint density at radius 3 is 2.58 bits per heavy atom. The van der Waals surface area contributed by atoms with Gasteiger partial charge in [-0.3, -0.25) is 0 Å². The molecule has 2 aromatic carbocycles. The molecule has 19 heavy (non-hydrogen) atoms. The summed E-state index contributed by atoms with van der Waals surface area (Å²) in [4.78, 5) is 0. The summed E-state index contributed by atoms with van der Waals surface area (Å²) >= 11 is 0. The monoisotopic (exact) mass is 259 g/mol. The van der Waals surface area contributed by atoms with E-state index in [9.17, 15) is 0 Å². The molecule has 0 aromatic heterocycles. The van der Waals surface area contributed by atoms with Crippen molar-refractivity contribution in [3.63, 3.8) is 0 Å². The van der Waals surface area contributed by atoms with Gasteiger partial charge in [0.1, 0.15) is 11.5 Å². The number of ether oxygens (including phenoxy) is 3. The van der Waals surface area contributed by atoms with Gasteiger partial charge in [-0.15, -0.1) is 0 Å². The highest BCUT2D eigenvalue weighted by Crippen LogP contribution is 2.26. The number of hydrogen-bond donors (Lipinski definition) is 1. The van der Waals surface area contributed by atoms with Gasteiger partial charge in [-0.2, -0.15) is 0 Å². The van der Waals surface area contributed by atoms with Crippen molar-refractivity contribution < 1.29 is 14.2 Å². The van der Waals surface area contributed by atoms with E-state index in [1.165, 1.54) is 0 Å². The third-order valence-corrected chi connectivity index (χ3v) is 2.63. The molecule has 0 bridgehead atoms. The quantitative estimate of drug-likeness (QED) is 0.492. The molecule has 4 nitrogen and oxygen atoms in total. The van der Waals surface area contributed by atoms with Gasteiger partial charge in [-0.05, 0) is 17.7 Å². The van der Waals surface area contributed by atoms with Gasteiger partial charge in [0.25, 0.3) is 0 Å². The van der Waals surface area contributed by atoms with E-state index in [0.29, 0.717) is 23.8 Å². The van der Waals surface area contributed by atoms with Crippen LogP contribution in [0.25, 0.3) is 0 Å². The zero-order valence-electron chi connectivity index (χ0n) is 10.8. The summed E-state index contributed by atoms with van der Waals surface area (Å²) in [7, 11) is 1.60. The standard InChI is InChI=1S/C15H17NO3/c1-17-13-7-8-14(16)15(9-13)19-11-18-10-12-5-3-2-4-6-12/h2-9H,10-11,16H2,1H3. The van der Waals surface area contributed by atoms with Gasteiger partial charge in [0.2, 0.25) is 0 Å². The molecule has 0 amide bonds. The average Bonchev–Trinajstić information content (AvgIpc) is 2.46. The van der Waals surface area contributed by atoms with Crippen molar-refractivity contribution in [2.45, 2.75) is 6.61 Å². The molecule has 0 radical (unpaired) electrons. The second-order valence-electron chi connectivity index (χ2n) is 4.00. The number of rotatable bonds is 6. The van der Waals surface area contributed by atoms with Crippen LogP contribution in [-0.4, -0.2) is 13.9 Å². The Morgan fingerprint density at radius 1 is 1.05 bits per heavy atom. The summed E-state index contributed by atoms with van der Waals surface area (Å²) in [5.41, 5.74) is 7.46. The van der Waals surface area contributed by atoms with E-state index < -0.39 is 0 Å². The molecule has 0 saturated heterocycles. The summed E-state index contributed by atoms with van der Waals surface area (Å²) in [5, 5.41) is 0. The maximum Gasteiger partial charge on any atom is 0.189 e. The zero-order valence-corrected chi connectivity index (χ0v) is 10.8. The van der Waals surface area contributed by atoms with E-state index in [1.54, 1.807) is 25.3 Å². The van der Waals surface area contributed by atoms with Crippen molar-refractivity contribution in [3.05, 3.63) is 54.1 Å². The predicted molar refractivity (Wildman–Crippen MR) is 74.1 cm³/mol. The third kappa shape index (κ3) is 3.89. The minimum Gasteiger partial charge on any atom is -0.497 e. The molecule has 2 rings (SSSR count). The van der Waals surface area contributed by atoms with Gasteiger partial charge in [0, 0.05) is 6.07 Å². The van der Waals surface area contributed by atoms with Crippen LogP contribution in [-0.2, 0) is 11.3 Å². The molecule has 0 atom stereocenters. The van der Waals surface area contributed by atoms with Crippen molar-refractivity contribution in [1.29, 1.82) is 0 Å². The Balaban J connectivity index is 1.82. The van der Waals surface area contributed by atoms with Crippen LogP contribution in [0.4, 0.5) is 5.69 Å². The van der Waals surface area contributed by atoms with Crippen molar-refractivity contribution in [2.24, 2.45) is 0 Å². The number of methoxy groups -OCH3 is 1. The van der Waals surface area contributed by atoms with Crippen molar-refractivity contribution in [2.75, 3.05) is 19.6 Å². The number of hydrogen-bond acceptors (Lipinski definition) is 4. The first-order chi connectivity index (χ1) is 9.29. The van der Waals surface area contributed by atoms with E-state index in [0.717, 1.165) is 5.56 Å². The lowest BCUT2D eigenvalue weighted by molar-refractivity contribution is 0.00537. The minimum absolute atomic E-state index is 0.145. The molecule has 0 aliphatic heterocycles. The molecule has 100 valence electrons. The van der Waals surface area contributed by atoms with E-state index >= 15 is 0 Å². The summed E-state index contributed by atoms with van der Waals surface area (Å²) in [6.45, 7) is 0.650. The number of nitrogens with two attached hydrogens (primary N) is 1. The van der Waals surface area contributed by atoms with Crippen LogP contribution in [0.5, 0.6) is 11.5 Å². The smallest absolute Gasteiger partial charge is 0.189 e. The molecule has 0 fully saturated rings. The molecule has 0 aliphatic rings. The van der Waals surface area contributed by atoms with Gasteiger partial charge >= 0.3 is 0 Å². The number of benzene rings is 2. The third-order valence-electron chi connectivity index (χ3n) is 2.63. The van der Waals surface area contributed by atoms with Crippen LogP contribution < -0.4 is 15.2 Å². The largest absolute Gasteiger partial charge is 0.497 e. The fourth-order valence-corrected chi connectivity index (χ4v) is 1.61. The second kappa shape index (κ2) is 6.66. The molecule has 0 spiro atoms. The SMILES string of the molecule is COc1ccc(N)c(OCOCc2ccccc2)c1. The van der Waals surface area contributed by atoms with Crippen molar-refractivity contribution in [1.82, 2.24) is 0 Å². The molecular weight excluding hydrogens is 242 g/mol. The molecule has 2 N–H and O–H groups in total. The number of anilines is 1. The Morgan fingerprint density at radius 2 is 1.84 bits per heavy atom. The van der Waals surface area contributed by atoms with Crippen LogP contribution in [0.1, 0.15) is 5.56 Å². The Labute approximate surface area is 112 Å². The molecule has 0 saturated carbocycles. The molecule has 0 aliphatic carbocycles. The summed E-state index contributed by atoms with van der Waals surface area (Å²) in [6, 6.07) is 15.2. The van der Waals surface area contributed by atoms with Crippen LogP contribution in [0, 0.1) is 0 Å². The Hall–Kier alpha value is -2.20. The Kier molecular flexibility index (Phi) is 4.64. The highest BCUT2D eigenvalue weighted by Gasteiger charge is 2.02. The molecule has 4 heteroatoms. The van der Waals surface area contributed by atoms with Gasteiger partial charge in [-0.1, -0.05) is 30.3 Å². The summed E-state index contributed by atoms with van der Waals surface area (Å²) in [5.74, 6) is 1.26. The van der Waals surface area contributed by atoms with Gasteiger partial charge in [0.05, 0.1) is 19.4 Å². The lowest BCUT2D eigenvalue weighted by atomic mass is 10.2. The lowest BCUT2D eigenvalue weighted by Gasteiger charge is -2.10. The highest BCUT2D eigenvalue weighted by molar-refractivity contribution is 5.55. The fraction of sp³-hybridized carbons (Fsp3) is 0.200. The van der Waals surface area contributed by atoms with Crippen LogP contribution >= 0.6 is 0 Å². The highest BCUT2D eigenvalue weighted by atomic mass is 16.7.